The second kappa shape index (κ2) is 5.41. The van der Waals surface area contributed by atoms with E-state index in [4.69, 9.17) is 0 Å². The van der Waals surface area contributed by atoms with Crippen LogP contribution in [0.3, 0.4) is 0 Å². The van der Waals surface area contributed by atoms with Crippen LogP contribution in [0.15, 0.2) is 47.8 Å². The van der Waals surface area contributed by atoms with Crippen molar-refractivity contribution in [3.63, 3.8) is 0 Å². The maximum Gasteiger partial charge on any atom is 0.271 e. The molecule has 0 amide bonds. The molecule has 7 nitrogen and oxygen atoms in total. The Morgan fingerprint density at radius 2 is 2.05 bits per heavy atom. The van der Waals surface area contributed by atoms with Gasteiger partial charge in [-0.05, 0) is 23.6 Å². The molecule has 3 aromatic rings. The van der Waals surface area contributed by atoms with Crippen LogP contribution in [0.4, 0.5) is 5.69 Å². The van der Waals surface area contributed by atoms with Gasteiger partial charge in [0.1, 0.15) is 5.69 Å². The quantitative estimate of drug-likeness (QED) is 0.540. The third-order valence-electron chi connectivity index (χ3n) is 2.98. The highest BCUT2D eigenvalue weighted by Gasteiger charge is 2.15. The normalized spacial score (nSPS) is 10.5. The number of aromatic nitrogens is 2. The zero-order valence-electron chi connectivity index (χ0n) is 11.0. The van der Waals surface area contributed by atoms with Crippen molar-refractivity contribution in [1.82, 2.24) is 9.78 Å². The van der Waals surface area contributed by atoms with Crippen LogP contribution in [0.5, 0.6) is 0 Å². The average Bonchev–Trinajstić information content (AvgIpc) is 3.16. The van der Waals surface area contributed by atoms with Crippen LogP contribution in [0.25, 0.3) is 16.3 Å². The smallest absolute Gasteiger partial charge is 0.271 e. The molecule has 0 radical (unpaired) electrons. The number of hydrogen-bond acceptors (Lipinski definition) is 6. The van der Waals surface area contributed by atoms with Crippen molar-refractivity contribution in [2.24, 2.45) is 0 Å². The van der Waals surface area contributed by atoms with Gasteiger partial charge in [-0.25, -0.2) is 4.68 Å². The minimum atomic E-state index is -1.40. The minimum Gasteiger partial charge on any atom is -0.543 e. The van der Waals surface area contributed by atoms with Gasteiger partial charge in [-0.1, -0.05) is 12.1 Å². The van der Waals surface area contributed by atoms with Crippen LogP contribution >= 0.6 is 11.3 Å². The topological polar surface area (TPSA) is 101 Å². The summed E-state index contributed by atoms with van der Waals surface area (Å²) in [6, 6.07) is 10.6. The highest BCUT2D eigenvalue weighted by Crippen LogP contribution is 2.26. The molecule has 8 heteroatoms. The number of non-ortho nitro benzene ring substituents is 1. The largest absolute Gasteiger partial charge is 0.543 e. The summed E-state index contributed by atoms with van der Waals surface area (Å²) in [7, 11) is 0. The molecule has 0 saturated heterocycles. The molecule has 2 heterocycles. The Labute approximate surface area is 128 Å². The van der Waals surface area contributed by atoms with Crippen molar-refractivity contribution in [3.05, 3.63) is 63.7 Å². The van der Waals surface area contributed by atoms with Gasteiger partial charge in [0.25, 0.3) is 5.69 Å². The van der Waals surface area contributed by atoms with Gasteiger partial charge in [-0.15, -0.1) is 11.3 Å². The van der Waals surface area contributed by atoms with Gasteiger partial charge in [0.2, 0.25) is 0 Å². The van der Waals surface area contributed by atoms with E-state index in [2.05, 4.69) is 5.10 Å². The first-order valence-electron chi connectivity index (χ1n) is 6.16. The fourth-order valence-corrected chi connectivity index (χ4v) is 2.69. The number of nitrogens with zero attached hydrogens (tertiary/aromatic N) is 3. The summed E-state index contributed by atoms with van der Waals surface area (Å²) >= 11 is 1.42. The number of carboxylic acid groups (broad SMARTS) is 1. The fourth-order valence-electron chi connectivity index (χ4n) is 2.01. The van der Waals surface area contributed by atoms with Gasteiger partial charge in [0.15, 0.2) is 0 Å². The molecule has 1 aromatic carbocycles. The summed E-state index contributed by atoms with van der Waals surface area (Å²) in [5.41, 5.74) is 0.454. The Hall–Kier alpha value is -3.00. The van der Waals surface area contributed by atoms with E-state index in [0.29, 0.717) is 5.69 Å². The molecular weight excluding hydrogens is 306 g/mol. The van der Waals surface area contributed by atoms with Crippen LogP contribution in [-0.2, 0) is 0 Å². The summed E-state index contributed by atoms with van der Waals surface area (Å²) in [4.78, 5) is 22.4. The lowest BCUT2D eigenvalue weighted by atomic mass is 10.2. The highest BCUT2D eigenvalue weighted by atomic mass is 32.1. The Morgan fingerprint density at radius 3 is 2.68 bits per heavy atom. The number of rotatable bonds is 4. The first kappa shape index (κ1) is 14.0. The molecular formula is C14H8N3O4S-. The van der Waals surface area contributed by atoms with E-state index in [1.807, 2.05) is 17.5 Å². The first-order valence-corrected chi connectivity index (χ1v) is 7.04. The lowest BCUT2D eigenvalue weighted by molar-refractivity contribution is -0.384. The molecule has 3 rings (SSSR count). The van der Waals surface area contributed by atoms with Crippen molar-refractivity contribution < 1.29 is 14.8 Å². The monoisotopic (exact) mass is 314 g/mol. The second-order valence-corrected chi connectivity index (χ2v) is 5.32. The zero-order valence-corrected chi connectivity index (χ0v) is 11.8. The molecule has 0 atom stereocenters. The molecule has 0 saturated carbocycles. The minimum absolute atomic E-state index is 0.144. The van der Waals surface area contributed by atoms with Crippen LogP contribution in [-0.4, -0.2) is 20.7 Å². The predicted molar refractivity (Wildman–Crippen MR) is 77.9 cm³/mol. The molecule has 0 fully saturated rings. The molecule has 110 valence electrons. The fraction of sp³-hybridized carbons (Fsp3) is 0. The molecule has 0 spiro atoms. The SMILES string of the molecule is O=C([O-])c1cc(-c2cccs2)nn1-c1cccc([N+](=O)[O-])c1. The third kappa shape index (κ3) is 2.47. The number of carbonyl (C=O) groups is 1. The van der Waals surface area contributed by atoms with E-state index in [1.54, 1.807) is 6.07 Å². The summed E-state index contributed by atoms with van der Waals surface area (Å²) in [6.45, 7) is 0. The van der Waals surface area contributed by atoms with E-state index in [0.717, 1.165) is 9.56 Å². The van der Waals surface area contributed by atoms with Gasteiger partial charge in [0, 0.05) is 12.1 Å². The average molecular weight is 314 g/mol. The molecule has 0 bridgehead atoms. The number of benzene rings is 1. The zero-order chi connectivity index (χ0) is 15.7. The van der Waals surface area contributed by atoms with Gasteiger partial charge >= 0.3 is 0 Å². The molecule has 2 aromatic heterocycles. The molecule has 0 aliphatic rings. The van der Waals surface area contributed by atoms with E-state index >= 15 is 0 Å². The summed E-state index contributed by atoms with van der Waals surface area (Å²) in [5.74, 6) is -1.40. The Bertz CT molecular complexity index is 855. The van der Waals surface area contributed by atoms with Crippen LogP contribution in [0.1, 0.15) is 10.5 Å². The van der Waals surface area contributed by atoms with Gasteiger partial charge in [-0.2, -0.15) is 5.10 Å². The van der Waals surface area contributed by atoms with Crippen molar-refractivity contribution in [2.45, 2.75) is 0 Å². The van der Waals surface area contributed by atoms with E-state index in [1.165, 1.54) is 35.6 Å². The predicted octanol–water partition coefficient (Wildman–Crippen LogP) is 1.87. The Balaban J connectivity index is 2.15. The molecule has 0 N–H and O–H groups in total. The lowest BCUT2D eigenvalue weighted by Gasteiger charge is -2.07. The Kier molecular flexibility index (Phi) is 3.43. The summed E-state index contributed by atoms with van der Waals surface area (Å²) < 4.78 is 1.14. The summed E-state index contributed by atoms with van der Waals surface area (Å²) in [5, 5.41) is 28.2. The van der Waals surface area contributed by atoms with Gasteiger partial charge < -0.3 is 9.90 Å². The van der Waals surface area contributed by atoms with Crippen LogP contribution in [0, 0.1) is 10.1 Å². The van der Waals surface area contributed by atoms with E-state index in [9.17, 15) is 20.0 Å². The summed E-state index contributed by atoms with van der Waals surface area (Å²) in [6.07, 6.45) is 0. The number of carbonyl (C=O) groups excluding carboxylic acids is 1. The number of thiophene rings is 1. The molecule has 0 unspecified atom stereocenters. The highest BCUT2D eigenvalue weighted by molar-refractivity contribution is 7.13. The van der Waals surface area contributed by atoms with Crippen molar-refractivity contribution in [1.29, 1.82) is 0 Å². The van der Waals surface area contributed by atoms with Crippen LogP contribution in [0.2, 0.25) is 0 Å². The lowest BCUT2D eigenvalue weighted by Crippen LogP contribution is -2.25. The maximum absolute atomic E-state index is 11.3. The first-order chi connectivity index (χ1) is 10.6. The maximum atomic E-state index is 11.3. The van der Waals surface area contributed by atoms with E-state index < -0.39 is 10.9 Å². The van der Waals surface area contributed by atoms with Crippen molar-refractivity contribution in [3.8, 4) is 16.3 Å². The van der Waals surface area contributed by atoms with Gasteiger partial charge in [-0.3, -0.25) is 10.1 Å². The number of aromatic carboxylic acids is 1. The third-order valence-corrected chi connectivity index (χ3v) is 3.87. The molecule has 22 heavy (non-hydrogen) atoms. The number of nitro groups is 1. The standard InChI is InChI=1S/C14H9N3O4S/c18-14(19)12-8-11(13-5-2-6-22-13)15-16(12)9-3-1-4-10(7-9)17(20)21/h1-8H,(H,18,19)/p-1. The van der Waals surface area contributed by atoms with Gasteiger partial charge in [0.05, 0.1) is 27.2 Å². The molecule has 0 aliphatic carbocycles. The van der Waals surface area contributed by atoms with E-state index in [-0.39, 0.29) is 17.1 Å². The number of carboxylic acids is 1. The number of nitro benzene ring substituents is 1. The molecule has 0 aliphatic heterocycles. The van der Waals surface area contributed by atoms with Crippen molar-refractivity contribution in [2.75, 3.05) is 0 Å². The Morgan fingerprint density at radius 1 is 1.23 bits per heavy atom. The second-order valence-electron chi connectivity index (χ2n) is 4.37. The number of hydrogen-bond donors (Lipinski definition) is 0. The van der Waals surface area contributed by atoms with Crippen molar-refractivity contribution >= 4 is 23.0 Å². The van der Waals surface area contributed by atoms with Crippen LogP contribution < -0.4 is 5.11 Å².